The molecule has 4 aromatic rings. The van der Waals surface area contributed by atoms with E-state index in [0.29, 0.717) is 6.61 Å². The molecule has 4 rings (SSSR count). The van der Waals surface area contributed by atoms with Gasteiger partial charge in [0.05, 0.1) is 0 Å². The summed E-state index contributed by atoms with van der Waals surface area (Å²) in [6.07, 6.45) is 8.81. The zero-order valence-electron chi connectivity index (χ0n) is 17.3. The molecule has 0 saturated heterocycles. The van der Waals surface area contributed by atoms with E-state index in [9.17, 15) is 0 Å². The van der Waals surface area contributed by atoms with Crippen molar-refractivity contribution in [3.8, 4) is 27.6 Å². The van der Waals surface area contributed by atoms with Crippen LogP contribution in [-0.2, 0) is 13.0 Å². The average Bonchev–Trinajstić information content (AvgIpc) is 3.28. The van der Waals surface area contributed by atoms with Gasteiger partial charge in [-0.2, -0.15) is 0 Å². The minimum atomic E-state index is 0.562. The predicted octanol–water partition coefficient (Wildman–Crippen LogP) is 7.18. The van der Waals surface area contributed by atoms with Crippen LogP contribution >= 0.6 is 11.3 Å². The van der Waals surface area contributed by atoms with E-state index in [2.05, 4.69) is 41.2 Å². The molecule has 0 amide bonds. The molecule has 0 atom stereocenters. The first-order valence-electron chi connectivity index (χ1n) is 10.5. The lowest BCUT2D eigenvalue weighted by Gasteiger charge is -2.07. The van der Waals surface area contributed by atoms with Gasteiger partial charge in [0.1, 0.15) is 12.4 Å². The van der Waals surface area contributed by atoms with Gasteiger partial charge in [0.25, 0.3) is 0 Å². The van der Waals surface area contributed by atoms with E-state index in [4.69, 9.17) is 4.74 Å². The molecular formula is C26H26N2OS. The quantitative estimate of drug-likeness (QED) is 0.272. The van der Waals surface area contributed by atoms with Gasteiger partial charge in [-0.1, -0.05) is 50.1 Å². The Morgan fingerprint density at radius 3 is 2.30 bits per heavy atom. The lowest BCUT2D eigenvalue weighted by atomic mass is 10.2. The van der Waals surface area contributed by atoms with E-state index in [1.807, 2.05) is 66.2 Å². The van der Waals surface area contributed by atoms with Crippen molar-refractivity contribution in [1.29, 1.82) is 0 Å². The molecule has 0 spiro atoms. The largest absolute Gasteiger partial charge is 0.489 e. The Hall–Kier alpha value is -2.98. The Balaban J connectivity index is 1.38. The maximum Gasteiger partial charge on any atom is 0.159 e. The molecule has 2 heterocycles. The van der Waals surface area contributed by atoms with Gasteiger partial charge in [-0.3, -0.25) is 0 Å². The maximum absolute atomic E-state index is 5.86. The van der Waals surface area contributed by atoms with Crippen LogP contribution in [0.1, 0.15) is 36.6 Å². The van der Waals surface area contributed by atoms with Crippen LogP contribution in [0.2, 0.25) is 0 Å². The number of rotatable bonds is 9. The number of aromatic nitrogens is 2. The Kier molecular flexibility index (Phi) is 6.88. The topological polar surface area (TPSA) is 35.0 Å². The molecule has 2 aromatic heterocycles. The third kappa shape index (κ3) is 5.33. The van der Waals surface area contributed by atoms with Gasteiger partial charge in [0.15, 0.2) is 5.82 Å². The van der Waals surface area contributed by atoms with Crippen molar-refractivity contribution in [2.24, 2.45) is 0 Å². The van der Waals surface area contributed by atoms with Crippen LogP contribution in [0.3, 0.4) is 0 Å². The summed E-state index contributed by atoms with van der Waals surface area (Å²) in [5.74, 6) is 1.57. The number of aryl methyl sites for hydroxylation is 1. The number of ether oxygens (including phenoxy) is 1. The number of benzene rings is 2. The molecule has 0 fully saturated rings. The molecule has 0 bridgehead atoms. The van der Waals surface area contributed by atoms with Gasteiger partial charge >= 0.3 is 0 Å². The van der Waals surface area contributed by atoms with Gasteiger partial charge in [0.2, 0.25) is 0 Å². The number of nitrogens with zero attached hydrogens (tertiary/aromatic N) is 2. The van der Waals surface area contributed by atoms with E-state index in [-0.39, 0.29) is 0 Å². The summed E-state index contributed by atoms with van der Waals surface area (Å²) in [7, 11) is 0. The molecular weight excluding hydrogens is 388 g/mol. The van der Waals surface area contributed by atoms with E-state index in [0.717, 1.165) is 34.7 Å². The van der Waals surface area contributed by atoms with Gasteiger partial charge in [-0.25, -0.2) is 9.97 Å². The van der Waals surface area contributed by atoms with Crippen LogP contribution in [0.4, 0.5) is 0 Å². The molecule has 0 aliphatic carbocycles. The first-order chi connectivity index (χ1) is 14.8. The van der Waals surface area contributed by atoms with Gasteiger partial charge < -0.3 is 4.74 Å². The Labute approximate surface area is 182 Å². The third-order valence-electron chi connectivity index (χ3n) is 4.99. The second-order valence-electron chi connectivity index (χ2n) is 7.32. The van der Waals surface area contributed by atoms with Crippen LogP contribution in [0.5, 0.6) is 5.75 Å². The summed E-state index contributed by atoms with van der Waals surface area (Å²) < 4.78 is 5.86. The van der Waals surface area contributed by atoms with Crippen molar-refractivity contribution < 1.29 is 4.74 Å². The summed E-state index contributed by atoms with van der Waals surface area (Å²) in [5, 5.41) is 0. The van der Waals surface area contributed by atoms with E-state index in [1.54, 1.807) is 0 Å². The second-order valence-corrected chi connectivity index (χ2v) is 8.49. The van der Waals surface area contributed by atoms with Crippen molar-refractivity contribution in [2.75, 3.05) is 0 Å². The molecule has 0 saturated carbocycles. The van der Waals surface area contributed by atoms with Crippen LogP contribution in [0.25, 0.3) is 21.8 Å². The average molecular weight is 415 g/mol. The summed E-state index contributed by atoms with van der Waals surface area (Å²) in [6, 6.07) is 22.5. The van der Waals surface area contributed by atoms with Gasteiger partial charge in [-0.05, 0) is 54.8 Å². The maximum atomic E-state index is 5.86. The first kappa shape index (κ1) is 20.3. The summed E-state index contributed by atoms with van der Waals surface area (Å²) >= 11 is 1.85. The molecule has 4 heteroatoms. The van der Waals surface area contributed by atoms with Gasteiger partial charge in [-0.15, -0.1) is 11.3 Å². The molecule has 0 aliphatic rings. The SMILES string of the molecule is CCCCCc1ccc(-c2cnc(-c3ccc(OCc4ccccc4)cc3)nc2)s1. The Morgan fingerprint density at radius 2 is 1.57 bits per heavy atom. The number of hydrogen-bond acceptors (Lipinski definition) is 4. The fourth-order valence-electron chi connectivity index (χ4n) is 3.26. The molecule has 0 N–H and O–H groups in total. The molecule has 152 valence electrons. The monoisotopic (exact) mass is 414 g/mol. The zero-order chi connectivity index (χ0) is 20.6. The highest BCUT2D eigenvalue weighted by atomic mass is 32.1. The van der Waals surface area contributed by atoms with E-state index >= 15 is 0 Å². The Morgan fingerprint density at radius 1 is 0.800 bits per heavy atom. The zero-order valence-corrected chi connectivity index (χ0v) is 18.1. The number of unbranched alkanes of at least 4 members (excludes halogenated alkanes) is 2. The highest BCUT2D eigenvalue weighted by molar-refractivity contribution is 7.15. The predicted molar refractivity (Wildman–Crippen MR) is 125 cm³/mol. The normalized spacial score (nSPS) is 10.8. The van der Waals surface area contributed by atoms with Crippen LogP contribution in [-0.4, -0.2) is 9.97 Å². The number of thiophene rings is 1. The highest BCUT2D eigenvalue weighted by Crippen LogP contribution is 2.29. The smallest absolute Gasteiger partial charge is 0.159 e. The number of hydrogen-bond donors (Lipinski definition) is 0. The summed E-state index contributed by atoms with van der Waals surface area (Å²) in [5.41, 5.74) is 3.22. The van der Waals surface area contributed by atoms with Crippen molar-refractivity contribution in [3.05, 3.63) is 89.6 Å². The van der Waals surface area contributed by atoms with Crippen molar-refractivity contribution >= 4 is 11.3 Å². The Bertz CT molecular complexity index is 1040. The van der Waals surface area contributed by atoms with Crippen molar-refractivity contribution in [2.45, 2.75) is 39.2 Å². The third-order valence-corrected chi connectivity index (χ3v) is 6.18. The molecule has 0 aliphatic heterocycles. The minimum Gasteiger partial charge on any atom is -0.489 e. The molecule has 30 heavy (non-hydrogen) atoms. The fourth-order valence-corrected chi connectivity index (χ4v) is 4.29. The van der Waals surface area contributed by atoms with Gasteiger partial charge in [0, 0.05) is 33.3 Å². The summed E-state index contributed by atoms with van der Waals surface area (Å²) in [4.78, 5) is 11.8. The van der Waals surface area contributed by atoms with Crippen molar-refractivity contribution in [1.82, 2.24) is 9.97 Å². The molecule has 0 radical (unpaired) electrons. The summed E-state index contributed by atoms with van der Waals surface area (Å²) in [6.45, 7) is 2.80. The fraction of sp³-hybridized carbons (Fsp3) is 0.231. The van der Waals surface area contributed by atoms with Crippen LogP contribution in [0, 0.1) is 0 Å². The van der Waals surface area contributed by atoms with Crippen molar-refractivity contribution in [3.63, 3.8) is 0 Å². The van der Waals surface area contributed by atoms with Crippen LogP contribution < -0.4 is 4.74 Å². The lowest BCUT2D eigenvalue weighted by molar-refractivity contribution is 0.306. The van der Waals surface area contributed by atoms with Crippen LogP contribution in [0.15, 0.2) is 79.1 Å². The molecule has 0 unspecified atom stereocenters. The minimum absolute atomic E-state index is 0.562. The molecule has 2 aromatic carbocycles. The standard InChI is InChI=1S/C26H26N2OS/c1-2-3-5-10-24-15-16-25(30-24)22-17-27-26(28-18-22)21-11-13-23(14-12-21)29-19-20-8-6-4-7-9-20/h4,6-9,11-18H,2-3,5,10,19H2,1H3. The molecule has 3 nitrogen and oxygen atoms in total. The second kappa shape index (κ2) is 10.2. The highest BCUT2D eigenvalue weighted by Gasteiger charge is 2.07. The van der Waals surface area contributed by atoms with E-state index in [1.165, 1.54) is 29.0 Å². The van der Waals surface area contributed by atoms with E-state index < -0.39 is 0 Å². The first-order valence-corrected chi connectivity index (χ1v) is 11.3. The lowest BCUT2D eigenvalue weighted by Crippen LogP contribution is -1.95.